The number of likely N-dealkylation sites (tertiary alicyclic amines) is 1. The number of hydrogen-bond donors (Lipinski definition) is 1. The number of ether oxygens (including phenoxy) is 3. The van der Waals surface area contributed by atoms with Crippen LogP contribution >= 0.6 is 0 Å². The number of benzene rings is 2. The first-order valence-electron chi connectivity index (χ1n) is 11.5. The SMILES string of the molecule is COc1ccc([C@@H]2C(=C(O)c3ccc(OC(C)C)cc3)C(=O)C(=O)N2Cc2cccnc2)cc1OC. The van der Waals surface area contributed by atoms with Gasteiger partial charge in [-0.3, -0.25) is 14.6 Å². The minimum Gasteiger partial charge on any atom is -0.507 e. The van der Waals surface area contributed by atoms with Gasteiger partial charge < -0.3 is 24.2 Å². The van der Waals surface area contributed by atoms with Crippen molar-refractivity contribution in [1.82, 2.24) is 9.88 Å². The number of aliphatic hydroxyl groups excluding tert-OH is 1. The second kappa shape index (κ2) is 10.5. The largest absolute Gasteiger partial charge is 0.507 e. The number of methoxy groups -OCH3 is 2. The lowest BCUT2D eigenvalue weighted by molar-refractivity contribution is -0.140. The number of amides is 1. The summed E-state index contributed by atoms with van der Waals surface area (Å²) in [5, 5.41) is 11.3. The van der Waals surface area contributed by atoms with E-state index in [1.165, 1.54) is 19.1 Å². The second-order valence-electron chi connectivity index (χ2n) is 8.59. The lowest BCUT2D eigenvalue weighted by atomic mass is 9.94. The summed E-state index contributed by atoms with van der Waals surface area (Å²) >= 11 is 0. The van der Waals surface area contributed by atoms with E-state index in [1.807, 2.05) is 19.9 Å². The third-order valence-electron chi connectivity index (χ3n) is 5.84. The van der Waals surface area contributed by atoms with Crippen LogP contribution in [0.2, 0.25) is 0 Å². The van der Waals surface area contributed by atoms with Crippen molar-refractivity contribution in [1.29, 1.82) is 0 Å². The van der Waals surface area contributed by atoms with E-state index in [0.717, 1.165) is 5.56 Å². The van der Waals surface area contributed by atoms with Crippen LogP contribution in [0.15, 0.2) is 72.6 Å². The molecule has 1 atom stereocenters. The van der Waals surface area contributed by atoms with Crippen LogP contribution in [0.25, 0.3) is 5.76 Å². The summed E-state index contributed by atoms with van der Waals surface area (Å²) < 4.78 is 16.5. The molecule has 1 aliphatic heterocycles. The van der Waals surface area contributed by atoms with Crippen molar-refractivity contribution < 1.29 is 28.9 Å². The molecule has 8 heteroatoms. The van der Waals surface area contributed by atoms with Crippen LogP contribution in [0.5, 0.6) is 17.2 Å². The topological polar surface area (TPSA) is 98.2 Å². The van der Waals surface area contributed by atoms with E-state index < -0.39 is 17.7 Å². The monoisotopic (exact) mass is 488 g/mol. The predicted molar refractivity (Wildman–Crippen MR) is 134 cm³/mol. The third-order valence-corrected chi connectivity index (χ3v) is 5.84. The van der Waals surface area contributed by atoms with E-state index in [9.17, 15) is 14.7 Å². The summed E-state index contributed by atoms with van der Waals surface area (Å²) in [5.41, 5.74) is 1.74. The predicted octanol–water partition coefficient (Wildman–Crippen LogP) is 4.51. The fraction of sp³-hybridized carbons (Fsp3) is 0.250. The van der Waals surface area contributed by atoms with Gasteiger partial charge in [0.05, 0.1) is 31.9 Å². The van der Waals surface area contributed by atoms with Gasteiger partial charge in [-0.15, -0.1) is 0 Å². The van der Waals surface area contributed by atoms with Crippen molar-refractivity contribution in [2.24, 2.45) is 0 Å². The van der Waals surface area contributed by atoms with Crippen molar-refractivity contribution in [3.8, 4) is 17.2 Å². The zero-order chi connectivity index (χ0) is 25.8. The second-order valence-corrected chi connectivity index (χ2v) is 8.59. The Kier molecular flexibility index (Phi) is 7.24. The zero-order valence-corrected chi connectivity index (χ0v) is 20.6. The molecule has 1 aliphatic rings. The van der Waals surface area contributed by atoms with Gasteiger partial charge in [0.1, 0.15) is 11.5 Å². The van der Waals surface area contributed by atoms with Crippen molar-refractivity contribution in [2.75, 3.05) is 14.2 Å². The molecular weight excluding hydrogens is 460 g/mol. The molecule has 0 unspecified atom stereocenters. The minimum absolute atomic E-state index is 0.00589. The highest BCUT2D eigenvalue weighted by molar-refractivity contribution is 6.46. The average Bonchev–Trinajstić information content (AvgIpc) is 3.13. The Labute approximate surface area is 209 Å². The number of aromatic nitrogens is 1. The summed E-state index contributed by atoms with van der Waals surface area (Å²) in [6.45, 7) is 3.97. The maximum atomic E-state index is 13.3. The minimum atomic E-state index is -0.850. The zero-order valence-electron chi connectivity index (χ0n) is 20.6. The van der Waals surface area contributed by atoms with E-state index in [-0.39, 0.29) is 24.0 Å². The van der Waals surface area contributed by atoms with Crippen LogP contribution in [-0.4, -0.2) is 47.0 Å². The quantitative estimate of drug-likeness (QED) is 0.283. The van der Waals surface area contributed by atoms with Crippen molar-refractivity contribution in [3.63, 3.8) is 0 Å². The molecule has 186 valence electrons. The van der Waals surface area contributed by atoms with Crippen LogP contribution < -0.4 is 14.2 Å². The average molecular weight is 489 g/mol. The Morgan fingerprint density at radius 2 is 1.75 bits per heavy atom. The van der Waals surface area contributed by atoms with Gasteiger partial charge in [0.15, 0.2) is 11.5 Å². The summed E-state index contributed by atoms with van der Waals surface area (Å²) in [4.78, 5) is 32.1. The van der Waals surface area contributed by atoms with Gasteiger partial charge in [0.25, 0.3) is 11.7 Å². The maximum Gasteiger partial charge on any atom is 0.295 e. The number of carbonyl (C=O) groups excluding carboxylic acids is 2. The molecule has 1 saturated heterocycles. The lowest BCUT2D eigenvalue weighted by Crippen LogP contribution is -2.29. The third kappa shape index (κ3) is 4.88. The number of carbonyl (C=O) groups is 2. The Bertz CT molecular complexity index is 1290. The van der Waals surface area contributed by atoms with Gasteiger partial charge in [-0.05, 0) is 67.4 Å². The highest BCUT2D eigenvalue weighted by Gasteiger charge is 2.46. The number of pyridine rings is 1. The van der Waals surface area contributed by atoms with E-state index in [1.54, 1.807) is 60.9 Å². The van der Waals surface area contributed by atoms with Crippen LogP contribution in [0, 0.1) is 0 Å². The number of rotatable bonds is 8. The molecule has 1 fully saturated rings. The molecule has 36 heavy (non-hydrogen) atoms. The van der Waals surface area contributed by atoms with Crippen LogP contribution in [-0.2, 0) is 16.1 Å². The first kappa shape index (κ1) is 24.8. The first-order valence-corrected chi connectivity index (χ1v) is 11.5. The van der Waals surface area contributed by atoms with Gasteiger partial charge in [0.2, 0.25) is 0 Å². The molecule has 4 rings (SSSR count). The molecule has 1 N–H and O–H groups in total. The highest BCUT2D eigenvalue weighted by atomic mass is 16.5. The fourth-order valence-corrected chi connectivity index (χ4v) is 4.22. The van der Waals surface area contributed by atoms with E-state index in [0.29, 0.717) is 28.4 Å². The molecule has 2 aromatic carbocycles. The molecule has 3 aromatic rings. The molecule has 0 saturated carbocycles. The number of aliphatic hydroxyl groups is 1. The molecule has 1 aromatic heterocycles. The Balaban J connectivity index is 1.84. The highest BCUT2D eigenvalue weighted by Crippen LogP contribution is 2.42. The fourth-order valence-electron chi connectivity index (χ4n) is 4.22. The molecule has 0 spiro atoms. The number of nitrogens with zero attached hydrogens (tertiary/aromatic N) is 2. The van der Waals surface area contributed by atoms with E-state index in [4.69, 9.17) is 14.2 Å². The van der Waals surface area contributed by atoms with Crippen LogP contribution in [0.3, 0.4) is 0 Å². The van der Waals surface area contributed by atoms with E-state index in [2.05, 4.69) is 4.98 Å². The molecule has 1 amide bonds. The first-order chi connectivity index (χ1) is 17.3. The van der Waals surface area contributed by atoms with Gasteiger partial charge in [-0.1, -0.05) is 12.1 Å². The number of Topliss-reactive ketones (excluding diaryl/α,β-unsaturated/α-hetero) is 1. The van der Waals surface area contributed by atoms with Gasteiger partial charge in [0, 0.05) is 24.5 Å². The van der Waals surface area contributed by atoms with Crippen LogP contribution in [0.4, 0.5) is 0 Å². The molecule has 0 aliphatic carbocycles. The maximum absolute atomic E-state index is 13.3. The number of ketones is 1. The molecule has 0 radical (unpaired) electrons. The van der Waals surface area contributed by atoms with Crippen molar-refractivity contribution in [2.45, 2.75) is 32.5 Å². The number of hydrogen-bond acceptors (Lipinski definition) is 7. The van der Waals surface area contributed by atoms with Crippen LogP contribution in [0.1, 0.15) is 36.6 Å². The molecule has 0 bridgehead atoms. The van der Waals surface area contributed by atoms with Gasteiger partial charge in [-0.25, -0.2) is 0 Å². The molecular formula is C28H28N2O6. The Morgan fingerprint density at radius 1 is 1.03 bits per heavy atom. The summed E-state index contributed by atoms with van der Waals surface area (Å²) in [5.74, 6) is -0.157. The smallest absolute Gasteiger partial charge is 0.295 e. The standard InChI is InChI=1S/C28H28N2O6/c1-17(2)36-21-10-7-19(8-11-21)26(31)24-25(20-9-12-22(34-3)23(14-20)35-4)30(28(33)27(24)32)16-18-6-5-13-29-15-18/h5-15,17,25,31H,16H2,1-4H3/t25-/m1/s1. The summed E-state index contributed by atoms with van der Waals surface area (Å²) in [7, 11) is 3.04. The van der Waals surface area contributed by atoms with E-state index >= 15 is 0 Å². The summed E-state index contributed by atoms with van der Waals surface area (Å²) in [6, 6.07) is 14.6. The normalized spacial score (nSPS) is 16.9. The van der Waals surface area contributed by atoms with Gasteiger partial charge in [-0.2, -0.15) is 0 Å². The lowest BCUT2D eigenvalue weighted by Gasteiger charge is -2.26. The Morgan fingerprint density at radius 3 is 2.36 bits per heavy atom. The van der Waals surface area contributed by atoms with Crippen molar-refractivity contribution >= 4 is 17.4 Å². The molecule has 2 heterocycles. The Hall–Kier alpha value is -4.33. The van der Waals surface area contributed by atoms with Crippen molar-refractivity contribution in [3.05, 3.63) is 89.3 Å². The van der Waals surface area contributed by atoms with Gasteiger partial charge >= 0.3 is 0 Å². The molecule has 8 nitrogen and oxygen atoms in total. The summed E-state index contributed by atoms with van der Waals surface area (Å²) in [6.07, 6.45) is 3.27.